The minimum absolute atomic E-state index is 0.189. The third kappa shape index (κ3) is 2.47. The minimum atomic E-state index is 0.189. The highest BCUT2D eigenvalue weighted by Gasteiger charge is 2.21. The summed E-state index contributed by atoms with van der Waals surface area (Å²) in [5, 5.41) is 1.55. The van der Waals surface area contributed by atoms with Gasteiger partial charge in [0, 0.05) is 6.42 Å². The maximum Gasteiger partial charge on any atom is 0.246 e. The van der Waals surface area contributed by atoms with Crippen LogP contribution in [-0.2, 0) is 9.63 Å². The van der Waals surface area contributed by atoms with E-state index in [0.717, 1.165) is 31.9 Å². The van der Waals surface area contributed by atoms with Crippen LogP contribution in [-0.4, -0.2) is 24.1 Å². The molecule has 1 aliphatic carbocycles. The predicted molar refractivity (Wildman–Crippen MR) is 53.5 cm³/mol. The summed E-state index contributed by atoms with van der Waals surface area (Å²) in [6, 6.07) is 0. The maximum absolute atomic E-state index is 11.6. The first kappa shape index (κ1) is 9.97. The van der Waals surface area contributed by atoms with Gasteiger partial charge in [0.1, 0.15) is 0 Å². The fraction of sp³-hybridized carbons (Fsp3) is 0.909. The Labute approximate surface area is 85.4 Å². The summed E-state index contributed by atoms with van der Waals surface area (Å²) in [6.07, 6.45) is 8.12. The summed E-state index contributed by atoms with van der Waals surface area (Å²) in [6.45, 7) is 1.51. The quantitative estimate of drug-likeness (QED) is 0.693. The second-order valence-corrected chi connectivity index (χ2v) is 4.37. The van der Waals surface area contributed by atoms with Gasteiger partial charge >= 0.3 is 0 Å². The first-order chi connectivity index (χ1) is 6.86. The van der Waals surface area contributed by atoms with E-state index >= 15 is 0 Å². The third-order valence-corrected chi connectivity index (χ3v) is 3.27. The monoisotopic (exact) mass is 197 g/mol. The van der Waals surface area contributed by atoms with Crippen LogP contribution in [0.15, 0.2) is 0 Å². The molecule has 1 amide bonds. The summed E-state index contributed by atoms with van der Waals surface area (Å²) in [5.74, 6) is 0.996. The van der Waals surface area contributed by atoms with Gasteiger partial charge < -0.3 is 0 Å². The number of hydroxylamine groups is 2. The van der Waals surface area contributed by atoms with Gasteiger partial charge in [-0.25, -0.2) is 5.06 Å². The van der Waals surface area contributed by atoms with E-state index < -0.39 is 0 Å². The lowest BCUT2D eigenvalue weighted by atomic mass is 10.0. The summed E-state index contributed by atoms with van der Waals surface area (Å²) in [4.78, 5) is 16.8. The van der Waals surface area contributed by atoms with Gasteiger partial charge in [0.2, 0.25) is 5.91 Å². The van der Waals surface area contributed by atoms with E-state index in [1.807, 2.05) is 0 Å². The van der Waals surface area contributed by atoms with E-state index in [2.05, 4.69) is 0 Å². The Bertz CT molecular complexity index is 193. The fourth-order valence-corrected chi connectivity index (χ4v) is 2.40. The molecule has 2 aliphatic rings. The summed E-state index contributed by atoms with van der Waals surface area (Å²) in [7, 11) is 0. The van der Waals surface area contributed by atoms with E-state index in [4.69, 9.17) is 4.84 Å². The molecule has 0 aromatic heterocycles. The van der Waals surface area contributed by atoms with Crippen molar-refractivity contribution in [3.8, 4) is 0 Å². The predicted octanol–water partition coefficient (Wildman–Crippen LogP) is 2.12. The first-order valence-corrected chi connectivity index (χ1v) is 5.79. The van der Waals surface area contributed by atoms with Crippen LogP contribution >= 0.6 is 0 Å². The molecule has 3 heteroatoms. The van der Waals surface area contributed by atoms with Crippen LogP contribution in [0.4, 0.5) is 0 Å². The normalized spacial score (nSPS) is 23.3. The van der Waals surface area contributed by atoms with Gasteiger partial charge in [0.05, 0.1) is 13.2 Å². The zero-order valence-corrected chi connectivity index (χ0v) is 8.71. The Morgan fingerprint density at radius 3 is 2.71 bits per heavy atom. The van der Waals surface area contributed by atoms with Crippen LogP contribution < -0.4 is 0 Å². The van der Waals surface area contributed by atoms with Crippen molar-refractivity contribution in [1.29, 1.82) is 0 Å². The van der Waals surface area contributed by atoms with E-state index in [9.17, 15) is 4.79 Å². The molecule has 0 aromatic rings. The number of carbonyl (C=O) groups is 1. The zero-order chi connectivity index (χ0) is 9.80. The molecular weight excluding hydrogens is 178 g/mol. The zero-order valence-electron chi connectivity index (χ0n) is 8.71. The summed E-state index contributed by atoms with van der Waals surface area (Å²) < 4.78 is 0. The van der Waals surface area contributed by atoms with Crippen LogP contribution in [0.3, 0.4) is 0 Å². The Hall–Kier alpha value is -0.570. The van der Waals surface area contributed by atoms with Crippen LogP contribution in [0.25, 0.3) is 0 Å². The van der Waals surface area contributed by atoms with Crippen molar-refractivity contribution in [2.45, 2.75) is 44.9 Å². The molecule has 1 saturated heterocycles. The number of hydrogen-bond donors (Lipinski definition) is 0. The van der Waals surface area contributed by atoms with Crippen LogP contribution in [0.2, 0.25) is 0 Å². The molecule has 80 valence electrons. The SMILES string of the molecule is O=C(CCC1CCCC1)N1CCCO1. The van der Waals surface area contributed by atoms with Gasteiger partial charge in [0.25, 0.3) is 0 Å². The molecule has 0 radical (unpaired) electrons. The van der Waals surface area contributed by atoms with Gasteiger partial charge in [-0.3, -0.25) is 9.63 Å². The molecular formula is C11H19NO2. The molecule has 0 bridgehead atoms. The van der Waals surface area contributed by atoms with Gasteiger partial charge in [-0.1, -0.05) is 25.7 Å². The van der Waals surface area contributed by atoms with Crippen LogP contribution in [0.1, 0.15) is 44.9 Å². The topological polar surface area (TPSA) is 29.5 Å². The lowest BCUT2D eigenvalue weighted by Crippen LogP contribution is -2.26. The van der Waals surface area contributed by atoms with Gasteiger partial charge in [-0.2, -0.15) is 0 Å². The second-order valence-electron chi connectivity index (χ2n) is 4.37. The van der Waals surface area contributed by atoms with Crippen molar-refractivity contribution in [2.75, 3.05) is 13.2 Å². The molecule has 0 aromatic carbocycles. The molecule has 2 rings (SSSR count). The minimum Gasteiger partial charge on any atom is -0.273 e. The summed E-state index contributed by atoms with van der Waals surface area (Å²) >= 11 is 0. The molecule has 0 spiro atoms. The Morgan fingerprint density at radius 2 is 2.07 bits per heavy atom. The largest absolute Gasteiger partial charge is 0.273 e. The molecule has 2 fully saturated rings. The van der Waals surface area contributed by atoms with Gasteiger partial charge in [-0.05, 0) is 18.8 Å². The highest BCUT2D eigenvalue weighted by molar-refractivity contribution is 5.75. The fourth-order valence-electron chi connectivity index (χ4n) is 2.40. The van der Waals surface area contributed by atoms with Crippen molar-refractivity contribution < 1.29 is 9.63 Å². The lowest BCUT2D eigenvalue weighted by Gasteiger charge is -2.15. The first-order valence-electron chi connectivity index (χ1n) is 5.79. The average molecular weight is 197 g/mol. The van der Waals surface area contributed by atoms with E-state index in [1.165, 1.54) is 25.7 Å². The molecule has 1 saturated carbocycles. The van der Waals surface area contributed by atoms with Gasteiger partial charge in [-0.15, -0.1) is 0 Å². The molecule has 14 heavy (non-hydrogen) atoms. The Balaban J connectivity index is 1.66. The number of rotatable bonds is 3. The van der Waals surface area contributed by atoms with E-state index in [1.54, 1.807) is 5.06 Å². The van der Waals surface area contributed by atoms with Crippen molar-refractivity contribution in [3.63, 3.8) is 0 Å². The third-order valence-electron chi connectivity index (χ3n) is 3.27. The Morgan fingerprint density at radius 1 is 1.29 bits per heavy atom. The van der Waals surface area contributed by atoms with Crippen molar-refractivity contribution in [3.05, 3.63) is 0 Å². The lowest BCUT2D eigenvalue weighted by molar-refractivity contribution is -0.169. The molecule has 0 atom stereocenters. The molecule has 1 heterocycles. The second kappa shape index (κ2) is 4.78. The van der Waals surface area contributed by atoms with E-state index in [-0.39, 0.29) is 5.91 Å². The van der Waals surface area contributed by atoms with Gasteiger partial charge in [0.15, 0.2) is 0 Å². The highest BCUT2D eigenvalue weighted by Crippen LogP contribution is 2.28. The standard InChI is InChI=1S/C11H19NO2/c13-11(12-8-3-9-14-12)7-6-10-4-1-2-5-10/h10H,1-9H2. The van der Waals surface area contributed by atoms with Crippen molar-refractivity contribution >= 4 is 5.91 Å². The maximum atomic E-state index is 11.6. The molecule has 3 nitrogen and oxygen atoms in total. The van der Waals surface area contributed by atoms with Crippen LogP contribution in [0, 0.1) is 5.92 Å². The highest BCUT2D eigenvalue weighted by atomic mass is 16.7. The molecule has 1 aliphatic heterocycles. The molecule has 0 N–H and O–H groups in total. The number of amides is 1. The smallest absolute Gasteiger partial charge is 0.246 e. The number of nitrogens with zero attached hydrogens (tertiary/aromatic N) is 1. The van der Waals surface area contributed by atoms with Crippen LogP contribution in [0.5, 0.6) is 0 Å². The average Bonchev–Trinajstić information content (AvgIpc) is 2.87. The van der Waals surface area contributed by atoms with E-state index in [0.29, 0.717) is 6.42 Å². The van der Waals surface area contributed by atoms with Crippen molar-refractivity contribution in [1.82, 2.24) is 5.06 Å². The molecule has 0 unspecified atom stereocenters. The van der Waals surface area contributed by atoms with Crippen molar-refractivity contribution in [2.24, 2.45) is 5.92 Å². The Kier molecular flexibility index (Phi) is 3.40. The number of carbonyl (C=O) groups excluding carboxylic acids is 1. The number of hydrogen-bond acceptors (Lipinski definition) is 2. The summed E-state index contributed by atoms with van der Waals surface area (Å²) in [5.41, 5.74) is 0.